The van der Waals surface area contributed by atoms with Crippen molar-refractivity contribution in [2.75, 3.05) is 0 Å². The first kappa shape index (κ1) is 21.3. The molecular weight excluding hydrogens is 393 g/mol. The van der Waals surface area contributed by atoms with E-state index in [4.69, 9.17) is 5.41 Å². The van der Waals surface area contributed by atoms with Crippen LogP contribution in [0.5, 0.6) is 0 Å². The van der Waals surface area contributed by atoms with Gasteiger partial charge < -0.3 is 15.4 Å². The molecule has 0 aliphatic heterocycles. The van der Waals surface area contributed by atoms with Crippen LogP contribution in [0, 0.1) is 16.7 Å². The molecule has 0 heterocycles. The van der Waals surface area contributed by atoms with E-state index >= 15 is 0 Å². The van der Waals surface area contributed by atoms with Gasteiger partial charge in [0.1, 0.15) is 0 Å². The number of aliphatic hydroxyl groups is 1. The lowest BCUT2D eigenvalue weighted by Gasteiger charge is -2.42. The number of hydrogen-bond acceptors (Lipinski definition) is 3. The summed E-state index contributed by atoms with van der Waals surface area (Å²) in [6.45, 7) is 0.720. The first-order valence-electron chi connectivity index (χ1n) is 10.8. The minimum absolute atomic E-state index is 0.000402. The van der Waals surface area contributed by atoms with Gasteiger partial charge in [-0.25, -0.2) is 0 Å². The maximum Gasteiger partial charge on any atom is 0.421 e. The molecule has 3 aliphatic rings. The van der Waals surface area contributed by atoms with E-state index in [0.29, 0.717) is 11.5 Å². The third kappa shape index (κ3) is 3.77. The molecule has 164 valence electrons. The van der Waals surface area contributed by atoms with Gasteiger partial charge in [0, 0.05) is 29.3 Å². The van der Waals surface area contributed by atoms with Crippen LogP contribution in [0.2, 0.25) is 0 Å². The fourth-order valence-corrected chi connectivity index (χ4v) is 4.98. The highest BCUT2D eigenvalue weighted by Crippen LogP contribution is 2.53. The Labute approximate surface area is 175 Å². The van der Waals surface area contributed by atoms with E-state index < -0.39 is 11.8 Å². The highest BCUT2D eigenvalue weighted by atomic mass is 19.4. The molecule has 3 aliphatic carbocycles. The molecule has 4 rings (SSSR count). The zero-order chi connectivity index (χ0) is 21.7. The lowest BCUT2D eigenvalue weighted by molar-refractivity contribution is -0.258. The van der Waals surface area contributed by atoms with Crippen LogP contribution in [-0.2, 0) is 5.60 Å². The Morgan fingerprint density at radius 2 is 1.60 bits per heavy atom. The Kier molecular flexibility index (Phi) is 5.24. The minimum atomic E-state index is -4.79. The van der Waals surface area contributed by atoms with Crippen LogP contribution >= 0.6 is 0 Å². The molecule has 0 spiro atoms. The molecule has 1 aromatic rings. The third-order valence-electron chi connectivity index (χ3n) is 7.38. The fraction of sp³-hybridized carbons (Fsp3) is 0.652. The molecule has 4 nitrogen and oxygen atoms in total. The predicted octanol–water partition coefficient (Wildman–Crippen LogP) is 5.05. The van der Waals surface area contributed by atoms with Gasteiger partial charge in [-0.2, -0.15) is 13.2 Å². The SMILES string of the molecule is C[C@](O)(c1ccc(C(=O)N(C2CC2)[C@H]2CC[C@](C=N)(C3CC3)CC2)cc1)C(F)(F)F. The number of nitrogens with zero attached hydrogens (tertiary/aromatic N) is 1. The standard InChI is InChI=1S/C23H29F3N2O2/c1-21(30,23(24,25)26)16-4-2-15(3-5-16)20(29)28(18-8-9-18)19-10-12-22(14-27,13-11-19)17-6-7-17/h2-5,14,17-19,27,30H,6-13H2,1H3/t19-,21-,22-/m0/s1. The van der Waals surface area contributed by atoms with Crippen molar-refractivity contribution in [1.82, 2.24) is 4.90 Å². The number of benzene rings is 1. The molecule has 30 heavy (non-hydrogen) atoms. The molecule has 0 bridgehead atoms. The van der Waals surface area contributed by atoms with E-state index in [1.807, 2.05) is 4.90 Å². The van der Waals surface area contributed by atoms with Gasteiger partial charge in [0.25, 0.3) is 5.91 Å². The van der Waals surface area contributed by atoms with Crippen LogP contribution in [-0.4, -0.2) is 40.4 Å². The molecule has 7 heteroatoms. The zero-order valence-corrected chi connectivity index (χ0v) is 17.2. The number of nitrogens with one attached hydrogen (secondary N) is 1. The average Bonchev–Trinajstić information content (AvgIpc) is 3.61. The summed E-state index contributed by atoms with van der Waals surface area (Å²) in [4.78, 5) is 15.2. The molecule has 1 amide bonds. The van der Waals surface area contributed by atoms with Gasteiger partial charge in [-0.15, -0.1) is 0 Å². The number of carbonyl (C=O) groups excluding carboxylic acids is 1. The molecule has 0 radical (unpaired) electrons. The van der Waals surface area contributed by atoms with Crippen molar-refractivity contribution >= 4 is 12.1 Å². The average molecular weight is 422 g/mol. The van der Waals surface area contributed by atoms with Crippen molar-refractivity contribution in [3.63, 3.8) is 0 Å². The van der Waals surface area contributed by atoms with Crippen molar-refractivity contribution in [3.05, 3.63) is 35.4 Å². The van der Waals surface area contributed by atoms with Gasteiger partial charge in [-0.1, -0.05) is 12.1 Å². The normalized spacial score (nSPS) is 29.2. The Morgan fingerprint density at radius 3 is 2.03 bits per heavy atom. The van der Waals surface area contributed by atoms with Gasteiger partial charge in [0.15, 0.2) is 5.60 Å². The predicted molar refractivity (Wildman–Crippen MR) is 107 cm³/mol. The maximum absolute atomic E-state index is 13.3. The van der Waals surface area contributed by atoms with Gasteiger partial charge in [0.05, 0.1) is 0 Å². The summed E-state index contributed by atoms with van der Waals surface area (Å²) in [7, 11) is 0. The third-order valence-corrected chi connectivity index (χ3v) is 7.38. The molecule has 1 atom stereocenters. The van der Waals surface area contributed by atoms with Crippen LogP contribution in [0.1, 0.15) is 74.2 Å². The van der Waals surface area contributed by atoms with E-state index in [9.17, 15) is 23.1 Å². The van der Waals surface area contributed by atoms with Crippen molar-refractivity contribution < 1.29 is 23.1 Å². The number of amides is 1. The molecule has 3 saturated carbocycles. The van der Waals surface area contributed by atoms with Gasteiger partial charge in [-0.05, 0) is 81.9 Å². The Balaban J connectivity index is 1.49. The van der Waals surface area contributed by atoms with Crippen LogP contribution in [0.4, 0.5) is 13.2 Å². The Bertz CT molecular complexity index is 803. The van der Waals surface area contributed by atoms with Crippen molar-refractivity contribution in [3.8, 4) is 0 Å². The molecule has 0 aromatic heterocycles. The maximum atomic E-state index is 13.3. The molecule has 2 N–H and O–H groups in total. The quantitative estimate of drug-likeness (QED) is 0.630. The van der Waals surface area contributed by atoms with Crippen molar-refractivity contribution in [2.45, 2.75) is 82.2 Å². The summed E-state index contributed by atoms with van der Waals surface area (Å²) in [5, 5.41) is 17.8. The number of carbonyl (C=O) groups is 1. The summed E-state index contributed by atoms with van der Waals surface area (Å²) in [6, 6.07) is 5.49. The largest absolute Gasteiger partial charge is 0.421 e. The summed E-state index contributed by atoms with van der Waals surface area (Å²) in [5.74, 6) is 0.476. The number of rotatable bonds is 6. The van der Waals surface area contributed by atoms with Crippen molar-refractivity contribution in [1.29, 1.82) is 5.41 Å². The van der Waals surface area contributed by atoms with Crippen LogP contribution in [0.25, 0.3) is 0 Å². The second kappa shape index (κ2) is 7.36. The van der Waals surface area contributed by atoms with Crippen molar-refractivity contribution in [2.24, 2.45) is 11.3 Å². The lowest BCUT2D eigenvalue weighted by Crippen LogP contribution is -2.46. The summed E-state index contributed by atoms with van der Waals surface area (Å²) in [5.41, 5.74) is -2.87. The van der Waals surface area contributed by atoms with Gasteiger partial charge in [-0.3, -0.25) is 4.79 Å². The van der Waals surface area contributed by atoms with Crippen LogP contribution in [0.15, 0.2) is 24.3 Å². The van der Waals surface area contributed by atoms with E-state index in [1.54, 1.807) is 6.21 Å². The highest BCUT2D eigenvalue weighted by Gasteiger charge is 2.51. The number of halogens is 3. The smallest absolute Gasteiger partial charge is 0.376 e. The topological polar surface area (TPSA) is 64.4 Å². The highest BCUT2D eigenvalue weighted by molar-refractivity contribution is 5.95. The molecule has 0 unspecified atom stereocenters. The summed E-state index contributed by atoms with van der Waals surface area (Å²) in [6.07, 6.45) is 4.75. The number of alkyl halides is 3. The fourth-order valence-electron chi connectivity index (χ4n) is 4.98. The molecule has 0 saturated heterocycles. The van der Waals surface area contributed by atoms with Gasteiger partial charge >= 0.3 is 6.18 Å². The Hall–Kier alpha value is -1.89. The second-order valence-corrected chi connectivity index (χ2v) is 9.47. The summed E-state index contributed by atoms with van der Waals surface area (Å²) >= 11 is 0. The minimum Gasteiger partial charge on any atom is -0.376 e. The van der Waals surface area contributed by atoms with Crippen LogP contribution < -0.4 is 0 Å². The first-order valence-corrected chi connectivity index (χ1v) is 10.8. The molecular formula is C23H29F3N2O2. The van der Waals surface area contributed by atoms with E-state index in [2.05, 4.69) is 0 Å². The second-order valence-electron chi connectivity index (χ2n) is 9.47. The van der Waals surface area contributed by atoms with Crippen LogP contribution in [0.3, 0.4) is 0 Å². The van der Waals surface area contributed by atoms with Gasteiger partial charge in [0.2, 0.25) is 0 Å². The lowest BCUT2D eigenvalue weighted by atomic mass is 9.69. The Morgan fingerprint density at radius 1 is 1.07 bits per heavy atom. The first-order chi connectivity index (χ1) is 14.1. The number of hydrogen-bond donors (Lipinski definition) is 2. The summed E-state index contributed by atoms with van der Waals surface area (Å²) < 4.78 is 39.2. The molecule has 1 aromatic carbocycles. The van der Waals surface area contributed by atoms with E-state index in [-0.39, 0.29) is 29.0 Å². The van der Waals surface area contributed by atoms with E-state index in [1.165, 1.54) is 37.1 Å². The monoisotopic (exact) mass is 422 g/mol. The molecule has 3 fully saturated rings. The zero-order valence-electron chi connectivity index (χ0n) is 17.2. The van der Waals surface area contributed by atoms with E-state index in [0.717, 1.165) is 45.4 Å².